The topological polar surface area (TPSA) is 48.0 Å². The molecule has 7 heteroatoms. The van der Waals surface area contributed by atoms with Gasteiger partial charge in [-0.05, 0) is 37.1 Å². The first kappa shape index (κ1) is 18.6. The summed E-state index contributed by atoms with van der Waals surface area (Å²) in [7, 11) is 0. The lowest BCUT2D eigenvalue weighted by molar-refractivity contribution is -0.180. The van der Waals surface area contributed by atoms with Gasteiger partial charge in [-0.15, -0.1) is 0 Å². The van der Waals surface area contributed by atoms with Crippen LogP contribution < -0.4 is 9.64 Å². The van der Waals surface area contributed by atoms with Crippen molar-refractivity contribution in [2.24, 2.45) is 0 Å². The van der Waals surface area contributed by atoms with E-state index in [9.17, 15) is 4.79 Å². The van der Waals surface area contributed by atoms with Crippen LogP contribution in [0.3, 0.4) is 0 Å². The van der Waals surface area contributed by atoms with Crippen molar-refractivity contribution in [3.8, 4) is 5.75 Å². The molecule has 0 atom stereocenters. The Kier molecular flexibility index (Phi) is 5.03. The van der Waals surface area contributed by atoms with Crippen LogP contribution in [-0.2, 0) is 20.1 Å². The van der Waals surface area contributed by atoms with Crippen LogP contribution >= 0.6 is 23.2 Å². The third-order valence-corrected chi connectivity index (χ3v) is 5.29. The monoisotopic (exact) mass is 407 g/mol. The van der Waals surface area contributed by atoms with Gasteiger partial charge in [0.2, 0.25) is 0 Å². The molecule has 1 amide bonds. The Morgan fingerprint density at radius 3 is 2.70 bits per heavy atom. The minimum absolute atomic E-state index is 0.172. The summed E-state index contributed by atoms with van der Waals surface area (Å²) in [6, 6.07) is 10.9. The number of aryl methyl sites for hydroxylation is 1. The maximum absolute atomic E-state index is 13.1. The number of benzene rings is 2. The molecule has 2 aliphatic heterocycles. The first-order valence-corrected chi connectivity index (χ1v) is 9.56. The maximum atomic E-state index is 13.1. The van der Waals surface area contributed by atoms with Gasteiger partial charge in [0.15, 0.2) is 0 Å². The van der Waals surface area contributed by atoms with Gasteiger partial charge >= 0.3 is 0 Å². The first-order chi connectivity index (χ1) is 13.0. The van der Waals surface area contributed by atoms with Crippen molar-refractivity contribution in [3.63, 3.8) is 0 Å². The van der Waals surface area contributed by atoms with Crippen LogP contribution in [0.25, 0.3) is 0 Å². The number of hydrogen-bond acceptors (Lipinski definition) is 4. The lowest BCUT2D eigenvalue weighted by Gasteiger charge is -2.22. The molecule has 0 radical (unpaired) electrons. The number of hydrogen-bond donors (Lipinski definition) is 0. The average molecular weight is 408 g/mol. The minimum atomic E-state index is -1.29. The van der Waals surface area contributed by atoms with E-state index in [2.05, 4.69) is 0 Å². The highest BCUT2D eigenvalue weighted by molar-refractivity contribution is 6.35. The van der Waals surface area contributed by atoms with Gasteiger partial charge in [0.05, 0.1) is 30.5 Å². The number of nitrogens with zero attached hydrogens (tertiary/aromatic N) is 1. The fraction of sp³-hybridized carbons (Fsp3) is 0.350. The largest absolute Gasteiger partial charge is 0.492 e. The second-order valence-corrected chi connectivity index (χ2v) is 7.36. The zero-order chi connectivity index (χ0) is 19.0. The SMILES string of the molecule is Cc1cccc2c1N(CCCOc1ccc(Cl)cc1Cl)C(=O)C21OCCO1. The molecule has 27 heavy (non-hydrogen) atoms. The standard InChI is InChI=1S/C20H19Cl2NO4/c1-13-4-2-5-15-18(13)23(19(24)20(15)26-10-11-27-20)8-3-9-25-17-7-6-14(21)12-16(17)22/h2,4-7,12H,3,8-11H2,1H3. The quantitative estimate of drug-likeness (QED) is 0.692. The van der Waals surface area contributed by atoms with Crippen molar-refractivity contribution in [2.45, 2.75) is 19.1 Å². The minimum Gasteiger partial charge on any atom is -0.492 e. The fourth-order valence-corrected chi connectivity index (χ4v) is 4.04. The van der Waals surface area contributed by atoms with Crippen molar-refractivity contribution in [3.05, 3.63) is 57.6 Å². The van der Waals surface area contributed by atoms with Gasteiger partial charge in [0, 0.05) is 17.1 Å². The molecule has 1 fully saturated rings. The molecule has 0 unspecified atom stereocenters. The number of amides is 1. The van der Waals surface area contributed by atoms with Crippen LogP contribution in [0.2, 0.25) is 10.0 Å². The van der Waals surface area contributed by atoms with Gasteiger partial charge in [-0.1, -0.05) is 41.4 Å². The lowest BCUT2D eigenvalue weighted by Crippen LogP contribution is -2.41. The van der Waals surface area contributed by atoms with E-state index < -0.39 is 5.79 Å². The van der Waals surface area contributed by atoms with E-state index in [0.717, 1.165) is 16.8 Å². The molecule has 1 saturated heterocycles. The number of carbonyl (C=O) groups is 1. The Morgan fingerprint density at radius 1 is 1.19 bits per heavy atom. The maximum Gasteiger partial charge on any atom is 0.292 e. The highest BCUT2D eigenvalue weighted by Crippen LogP contribution is 2.47. The molecule has 142 valence electrons. The van der Waals surface area contributed by atoms with Crippen LogP contribution in [0.1, 0.15) is 17.5 Å². The van der Waals surface area contributed by atoms with E-state index in [-0.39, 0.29) is 5.91 Å². The number of para-hydroxylation sites is 1. The molecule has 0 aromatic heterocycles. The first-order valence-electron chi connectivity index (χ1n) is 8.81. The molecule has 2 aromatic carbocycles. The van der Waals surface area contributed by atoms with Gasteiger partial charge in [0.1, 0.15) is 5.75 Å². The average Bonchev–Trinajstić information content (AvgIpc) is 3.22. The molecule has 4 rings (SSSR count). The number of carbonyl (C=O) groups excluding carboxylic acids is 1. The van der Waals surface area contributed by atoms with Gasteiger partial charge in [-0.25, -0.2) is 0 Å². The summed E-state index contributed by atoms with van der Waals surface area (Å²) in [6.07, 6.45) is 0.633. The Bertz CT molecular complexity index is 880. The van der Waals surface area contributed by atoms with Crippen LogP contribution in [0.4, 0.5) is 5.69 Å². The molecular weight excluding hydrogens is 389 g/mol. The number of ether oxygens (including phenoxy) is 3. The molecule has 0 bridgehead atoms. The lowest BCUT2D eigenvalue weighted by atomic mass is 10.0. The van der Waals surface area contributed by atoms with Crippen LogP contribution in [0.15, 0.2) is 36.4 Å². The molecule has 2 aromatic rings. The van der Waals surface area contributed by atoms with E-state index in [1.165, 1.54) is 0 Å². The third kappa shape index (κ3) is 3.19. The summed E-state index contributed by atoms with van der Waals surface area (Å²) in [5.41, 5.74) is 2.67. The van der Waals surface area contributed by atoms with Crippen molar-refractivity contribution in [2.75, 3.05) is 31.3 Å². The van der Waals surface area contributed by atoms with E-state index in [1.807, 2.05) is 25.1 Å². The summed E-state index contributed by atoms with van der Waals surface area (Å²) in [6.45, 7) is 3.71. The van der Waals surface area contributed by atoms with Crippen LogP contribution in [0, 0.1) is 6.92 Å². The molecule has 0 N–H and O–H groups in total. The Balaban J connectivity index is 1.47. The van der Waals surface area contributed by atoms with Crippen molar-refractivity contribution in [1.29, 1.82) is 0 Å². The summed E-state index contributed by atoms with van der Waals surface area (Å²) in [5.74, 6) is -0.889. The summed E-state index contributed by atoms with van der Waals surface area (Å²) < 4.78 is 17.2. The van der Waals surface area contributed by atoms with Gasteiger partial charge in [0.25, 0.3) is 11.7 Å². The second-order valence-electron chi connectivity index (χ2n) is 6.52. The van der Waals surface area contributed by atoms with E-state index >= 15 is 0 Å². The number of halogens is 2. The smallest absolute Gasteiger partial charge is 0.292 e. The van der Waals surface area contributed by atoms with Gasteiger partial charge in [-0.2, -0.15) is 0 Å². The molecule has 1 spiro atoms. The highest BCUT2D eigenvalue weighted by atomic mass is 35.5. The number of rotatable bonds is 5. The van der Waals surface area contributed by atoms with Gasteiger partial charge in [-0.3, -0.25) is 4.79 Å². The van der Waals surface area contributed by atoms with Crippen molar-refractivity contribution >= 4 is 34.8 Å². The van der Waals surface area contributed by atoms with Crippen LogP contribution in [0.5, 0.6) is 5.75 Å². The second kappa shape index (κ2) is 7.32. The summed E-state index contributed by atoms with van der Waals surface area (Å²) >= 11 is 12.0. The third-order valence-electron chi connectivity index (χ3n) is 4.76. The van der Waals surface area contributed by atoms with Gasteiger partial charge < -0.3 is 19.1 Å². The zero-order valence-corrected chi connectivity index (χ0v) is 16.3. The molecule has 5 nitrogen and oxygen atoms in total. The van der Waals surface area contributed by atoms with E-state index in [0.29, 0.717) is 48.6 Å². The number of anilines is 1. The Labute approximate surface area is 167 Å². The normalized spacial score (nSPS) is 17.6. The molecule has 0 saturated carbocycles. The predicted molar refractivity (Wildman–Crippen MR) is 104 cm³/mol. The molecule has 2 aliphatic rings. The molecular formula is C20H19Cl2NO4. The van der Waals surface area contributed by atoms with Crippen molar-refractivity contribution < 1.29 is 19.0 Å². The van der Waals surface area contributed by atoms with E-state index in [1.54, 1.807) is 23.1 Å². The van der Waals surface area contributed by atoms with E-state index in [4.69, 9.17) is 37.4 Å². The van der Waals surface area contributed by atoms with Crippen molar-refractivity contribution in [1.82, 2.24) is 0 Å². The highest BCUT2D eigenvalue weighted by Gasteiger charge is 2.56. The zero-order valence-electron chi connectivity index (χ0n) is 14.8. The summed E-state index contributed by atoms with van der Waals surface area (Å²) in [4.78, 5) is 14.8. The fourth-order valence-electron chi connectivity index (χ4n) is 3.58. The number of fused-ring (bicyclic) bond motifs is 2. The molecule has 0 aliphatic carbocycles. The predicted octanol–water partition coefficient (Wildman–Crippen LogP) is 4.32. The molecule has 2 heterocycles. The Hall–Kier alpha value is -1.79. The Morgan fingerprint density at radius 2 is 1.96 bits per heavy atom. The summed E-state index contributed by atoms with van der Waals surface area (Å²) in [5, 5.41) is 1.02. The van der Waals surface area contributed by atoms with Crippen LogP contribution in [-0.4, -0.2) is 32.3 Å².